The van der Waals surface area contributed by atoms with Gasteiger partial charge in [0.2, 0.25) is 0 Å². The molecule has 0 heterocycles. The zero-order chi connectivity index (χ0) is 47.0. The third-order valence-corrected chi connectivity index (χ3v) is 12.7. The Morgan fingerprint density at radius 3 is 0.892 bits per heavy atom. The van der Waals surface area contributed by atoms with Gasteiger partial charge in [0.25, 0.3) is 0 Å². The first-order chi connectivity index (χ1) is 31.7. The van der Waals surface area contributed by atoms with Crippen molar-refractivity contribution < 1.29 is 56.7 Å². The monoisotopic (exact) mass is 922 g/mol. The molecule has 0 saturated heterocycles. The molecule has 0 amide bonds. The molecule has 4 aromatic rings. The molecule has 4 rings (SSSR count). The molecule has 4 aromatic carbocycles. The highest BCUT2D eigenvalue weighted by atomic mass is 32.3. The lowest BCUT2D eigenvalue weighted by atomic mass is 10.2. The summed E-state index contributed by atoms with van der Waals surface area (Å²) in [5, 5.41) is 11.4. The minimum atomic E-state index is -3.75. The first kappa shape index (κ1) is 52.3. The van der Waals surface area contributed by atoms with Crippen LogP contribution < -0.4 is 42.6 Å². The Labute approximate surface area is 389 Å². The highest BCUT2D eigenvalue weighted by Crippen LogP contribution is 2.81. The van der Waals surface area contributed by atoms with E-state index in [-0.39, 0.29) is 11.3 Å². The van der Waals surface area contributed by atoms with E-state index in [9.17, 15) is 5.11 Å². The SMILES string of the molecule is CCCOc1cc(OCCC)c(S(OC(=O)c2ccccc2O)(c2c(OCCC)cc(OCCC)cc2OCCC)c2c(OCCC)cc(OCCC)cc2OCCC)c(OCCC)c1. The Balaban J connectivity index is 2.52. The lowest BCUT2D eigenvalue weighted by molar-refractivity contribution is 0.0752. The molecule has 0 radical (unpaired) electrons. The minimum absolute atomic E-state index is 0.0655. The van der Waals surface area contributed by atoms with Gasteiger partial charge in [-0.1, -0.05) is 74.4 Å². The number of carbonyl (C=O) groups is 1. The molecular formula is C52H74O12S. The molecule has 0 atom stereocenters. The van der Waals surface area contributed by atoms with Crippen LogP contribution in [0.25, 0.3) is 0 Å². The number of aromatic hydroxyl groups is 1. The first-order valence-electron chi connectivity index (χ1n) is 23.8. The predicted octanol–water partition coefficient (Wildman–Crippen LogP) is 13.5. The van der Waals surface area contributed by atoms with E-state index < -0.39 is 16.3 Å². The molecule has 1 N–H and O–H groups in total. The van der Waals surface area contributed by atoms with E-state index in [4.69, 9.17) is 46.8 Å². The van der Waals surface area contributed by atoms with E-state index in [0.717, 1.165) is 19.3 Å². The average molecular weight is 923 g/mol. The summed E-state index contributed by atoms with van der Waals surface area (Å²) in [5.74, 6) is 2.48. The topological polar surface area (TPSA) is 130 Å². The van der Waals surface area contributed by atoms with Gasteiger partial charge in [0.15, 0.2) is 0 Å². The Bertz CT molecular complexity index is 1780. The highest BCUT2D eigenvalue weighted by Gasteiger charge is 2.50. The van der Waals surface area contributed by atoms with E-state index in [0.29, 0.717) is 164 Å². The van der Waals surface area contributed by atoms with E-state index in [1.165, 1.54) is 12.1 Å². The summed E-state index contributed by atoms with van der Waals surface area (Å²) in [6.07, 6.45) is 6.22. The molecule has 0 saturated carbocycles. The molecule has 12 nitrogen and oxygen atoms in total. The van der Waals surface area contributed by atoms with Gasteiger partial charge in [0, 0.05) is 46.7 Å². The van der Waals surface area contributed by atoms with Crippen LogP contribution in [0.4, 0.5) is 0 Å². The van der Waals surface area contributed by atoms with Crippen molar-refractivity contribution in [3.05, 3.63) is 66.2 Å². The van der Waals surface area contributed by atoms with Gasteiger partial charge in [0.05, 0.1) is 59.5 Å². The predicted molar refractivity (Wildman–Crippen MR) is 257 cm³/mol. The Kier molecular flexibility index (Phi) is 22.5. The fourth-order valence-electron chi connectivity index (χ4n) is 6.57. The fourth-order valence-corrected chi connectivity index (χ4v) is 10.2. The van der Waals surface area contributed by atoms with Crippen LogP contribution in [0.15, 0.2) is 75.4 Å². The van der Waals surface area contributed by atoms with Crippen LogP contribution in [0.2, 0.25) is 0 Å². The summed E-state index contributed by atoms with van der Waals surface area (Å²) < 4.78 is 67.4. The number of benzene rings is 4. The van der Waals surface area contributed by atoms with Crippen molar-refractivity contribution in [3.63, 3.8) is 0 Å². The maximum atomic E-state index is 15.5. The fraction of sp³-hybridized carbons (Fsp3) is 0.519. The Hall–Kier alpha value is -5.30. The van der Waals surface area contributed by atoms with Gasteiger partial charge >= 0.3 is 5.97 Å². The van der Waals surface area contributed by atoms with Crippen molar-refractivity contribution in [2.75, 3.05) is 59.5 Å². The van der Waals surface area contributed by atoms with Crippen molar-refractivity contribution >= 4 is 16.3 Å². The average Bonchev–Trinajstić information content (AvgIpc) is 3.32. The smallest absolute Gasteiger partial charge is 0.353 e. The van der Waals surface area contributed by atoms with Gasteiger partial charge in [0.1, 0.15) is 77.7 Å². The van der Waals surface area contributed by atoms with Gasteiger partial charge in [-0.25, -0.2) is 4.79 Å². The van der Waals surface area contributed by atoms with Crippen molar-refractivity contribution in [3.8, 4) is 57.5 Å². The van der Waals surface area contributed by atoms with Gasteiger partial charge in [-0.15, -0.1) is 0 Å². The summed E-state index contributed by atoms with van der Waals surface area (Å²) in [6.45, 7) is 21.3. The van der Waals surface area contributed by atoms with E-state index in [1.54, 1.807) is 12.1 Å². The molecule has 0 unspecified atom stereocenters. The number of hydrogen-bond acceptors (Lipinski definition) is 12. The van der Waals surface area contributed by atoms with E-state index >= 15 is 4.79 Å². The summed E-state index contributed by atoms with van der Waals surface area (Å²) in [5.41, 5.74) is -0.0655. The summed E-state index contributed by atoms with van der Waals surface area (Å²) in [6, 6.07) is 17.3. The van der Waals surface area contributed by atoms with E-state index in [2.05, 4.69) is 0 Å². The molecule has 65 heavy (non-hydrogen) atoms. The second-order valence-electron chi connectivity index (χ2n) is 15.3. The maximum absolute atomic E-state index is 15.5. The number of carbonyl (C=O) groups excluding carboxylic acids is 1. The quantitative estimate of drug-likeness (QED) is 0.0500. The Morgan fingerprint density at radius 1 is 0.400 bits per heavy atom. The molecule has 360 valence electrons. The molecule has 13 heteroatoms. The van der Waals surface area contributed by atoms with Crippen LogP contribution in [0.1, 0.15) is 130 Å². The third-order valence-electron chi connectivity index (χ3n) is 9.36. The maximum Gasteiger partial charge on any atom is 0.353 e. The van der Waals surface area contributed by atoms with Crippen LogP contribution in [0, 0.1) is 0 Å². The van der Waals surface area contributed by atoms with Crippen LogP contribution in [-0.2, 0) is 4.18 Å². The summed E-state index contributed by atoms with van der Waals surface area (Å²) in [7, 11) is -3.75. The van der Waals surface area contributed by atoms with Crippen molar-refractivity contribution in [2.24, 2.45) is 0 Å². The lowest BCUT2D eigenvalue weighted by Gasteiger charge is -2.43. The number of phenolic OH excluding ortho intramolecular Hbond substituents is 1. The lowest BCUT2D eigenvalue weighted by Crippen LogP contribution is -2.20. The Morgan fingerprint density at radius 2 is 0.646 bits per heavy atom. The van der Waals surface area contributed by atoms with Crippen LogP contribution in [0.3, 0.4) is 0 Å². The third kappa shape index (κ3) is 13.9. The van der Waals surface area contributed by atoms with Crippen LogP contribution >= 0.6 is 10.3 Å². The van der Waals surface area contributed by atoms with Gasteiger partial charge < -0.3 is 51.9 Å². The normalized spacial score (nSPS) is 11.4. The molecule has 0 aliphatic rings. The zero-order valence-electron chi connectivity index (χ0n) is 40.3. The summed E-state index contributed by atoms with van der Waals surface area (Å²) in [4.78, 5) is 16.6. The zero-order valence-corrected chi connectivity index (χ0v) is 41.2. The van der Waals surface area contributed by atoms with Crippen LogP contribution in [-0.4, -0.2) is 70.5 Å². The highest BCUT2D eigenvalue weighted by molar-refractivity contribution is 8.30. The number of ether oxygens (including phenoxy) is 9. The standard InChI is InChI=1S/C52H74O12S/c1-10-23-55-38-32-43(58-26-13-4)49(44(33-38)59-27-14-5)65(64-52(54)41-21-19-20-22-42(41)53,50-45(60-28-15-6)34-39(56-24-11-2)35-46(50)61-29-16-7)51-47(62-30-17-8)36-40(57-25-12-3)37-48(51)63-31-18-9/h19-22,32-37,53H,10-18,23-31H2,1-9H3. The molecule has 0 aliphatic carbocycles. The molecular weight excluding hydrogens is 849 g/mol. The largest absolute Gasteiger partial charge is 0.507 e. The van der Waals surface area contributed by atoms with E-state index in [1.807, 2.05) is 98.7 Å². The second kappa shape index (κ2) is 27.9. The van der Waals surface area contributed by atoms with Gasteiger partial charge in [-0.3, -0.25) is 0 Å². The first-order valence-corrected chi connectivity index (χ1v) is 25.3. The number of hydrogen-bond donors (Lipinski definition) is 1. The van der Waals surface area contributed by atoms with Crippen LogP contribution in [0.5, 0.6) is 57.5 Å². The van der Waals surface area contributed by atoms with Gasteiger partial charge in [-0.05, 0) is 69.9 Å². The number of para-hydroxylation sites is 1. The number of phenols is 1. The van der Waals surface area contributed by atoms with Crippen molar-refractivity contribution in [2.45, 2.75) is 135 Å². The second-order valence-corrected chi connectivity index (χ2v) is 17.8. The molecule has 0 spiro atoms. The minimum Gasteiger partial charge on any atom is -0.507 e. The molecule has 0 bridgehead atoms. The van der Waals surface area contributed by atoms with Gasteiger partial charge in [-0.2, -0.15) is 0 Å². The summed E-state index contributed by atoms with van der Waals surface area (Å²) >= 11 is 0. The molecule has 0 aromatic heterocycles. The molecule has 0 fully saturated rings. The molecule has 0 aliphatic heterocycles. The van der Waals surface area contributed by atoms with Crippen molar-refractivity contribution in [1.29, 1.82) is 0 Å². The number of rotatable bonds is 32. The van der Waals surface area contributed by atoms with Crippen molar-refractivity contribution in [1.82, 2.24) is 0 Å².